The molecule has 0 bridgehead atoms. The van der Waals surface area contributed by atoms with Crippen molar-refractivity contribution in [3.63, 3.8) is 0 Å². The Labute approximate surface area is 93.6 Å². The van der Waals surface area contributed by atoms with Crippen molar-refractivity contribution in [2.75, 3.05) is 0 Å². The second kappa shape index (κ2) is 3.84. The molecule has 1 aliphatic rings. The van der Waals surface area contributed by atoms with E-state index in [0.717, 1.165) is 12.2 Å². The van der Waals surface area contributed by atoms with Crippen molar-refractivity contribution in [2.24, 2.45) is 11.3 Å². The molecule has 88 valence electrons. The minimum atomic E-state index is -0.840. The summed E-state index contributed by atoms with van der Waals surface area (Å²) in [6, 6.07) is 0. The molecule has 6 nitrogen and oxygen atoms in total. The number of carbonyl (C=O) groups is 1. The van der Waals surface area contributed by atoms with Gasteiger partial charge < -0.3 is 5.11 Å². The van der Waals surface area contributed by atoms with Gasteiger partial charge in [-0.15, -0.1) is 5.10 Å². The first-order chi connectivity index (χ1) is 7.49. The molecule has 1 aliphatic carbocycles. The molecule has 0 radical (unpaired) electrons. The number of hydrogen-bond acceptors (Lipinski definition) is 4. The van der Waals surface area contributed by atoms with Gasteiger partial charge in [0.15, 0.2) is 5.82 Å². The zero-order chi connectivity index (χ0) is 11.8. The smallest absolute Gasteiger partial charge is 0.310 e. The van der Waals surface area contributed by atoms with Gasteiger partial charge in [-0.1, -0.05) is 0 Å². The van der Waals surface area contributed by atoms with Crippen LogP contribution in [0.3, 0.4) is 0 Å². The molecule has 2 rings (SSSR count). The minimum absolute atomic E-state index is 0.317. The lowest BCUT2D eigenvalue weighted by atomic mass is 9.94. The van der Waals surface area contributed by atoms with E-state index in [1.165, 1.54) is 12.8 Å². The topological polar surface area (TPSA) is 80.9 Å². The van der Waals surface area contributed by atoms with Gasteiger partial charge in [0.1, 0.15) is 0 Å². The van der Waals surface area contributed by atoms with E-state index in [-0.39, 0.29) is 0 Å². The maximum absolute atomic E-state index is 11.0. The lowest BCUT2D eigenvalue weighted by molar-refractivity contribution is -0.147. The number of carboxylic acid groups (broad SMARTS) is 1. The Morgan fingerprint density at radius 2 is 2.25 bits per heavy atom. The van der Waals surface area contributed by atoms with Gasteiger partial charge in [-0.3, -0.25) is 4.79 Å². The normalized spacial score (nSPS) is 16.4. The van der Waals surface area contributed by atoms with E-state index >= 15 is 0 Å². The van der Waals surface area contributed by atoms with Crippen LogP contribution in [0.4, 0.5) is 0 Å². The zero-order valence-electron chi connectivity index (χ0n) is 9.55. The molecule has 6 heteroatoms. The van der Waals surface area contributed by atoms with Crippen LogP contribution in [0.2, 0.25) is 0 Å². The van der Waals surface area contributed by atoms with Crippen molar-refractivity contribution in [3.8, 4) is 0 Å². The third kappa shape index (κ3) is 2.37. The summed E-state index contributed by atoms with van der Waals surface area (Å²) in [6.07, 6.45) is 3.33. The quantitative estimate of drug-likeness (QED) is 0.797. The Balaban J connectivity index is 2.08. The highest BCUT2D eigenvalue weighted by Crippen LogP contribution is 2.32. The van der Waals surface area contributed by atoms with Crippen LogP contribution >= 0.6 is 0 Å². The van der Waals surface area contributed by atoms with Gasteiger partial charge in [0.2, 0.25) is 0 Å². The first kappa shape index (κ1) is 11.0. The maximum atomic E-state index is 11.0. The van der Waals surface area contributed by atoms with E-state index in [0.29, 0.717) is 12.5 Å². The fraction of sp³-hybridized carbons (Fsp3) is 0.800. The average Bonchev–Trinajstić information content (AvgIpc) is 2.89. The highest BCUT2D eigenvalue weighted by molar-refractivity contribution is 5.73. The molecule has 0 spiro atoms. The van der Waals surface area contributed by atoms with Crippen molar-refractivity contribution in [3.05, 3.63) is 5.82 Å². The molecule has 1 heterocycles. The van der Waals surface area contributed by atoms with Crippen LogP contribution in [0.25, 0.3) is 0 Å². The Bertz CT molecular complexity index is 395. The SMILES string of the molecule is CC(C)(Cn1nnnc1CC1CC1)C(=O)O. The first-order valence-electron chi connectivity index (χ1n) is 5.47. The molecule has 1 aromatic rings. The van der Waals surface area contributed by atoms with Gasteiger partial charge in [0.25, 0.3) is 0 Å². The fourth-order valence-electron chi connectivity index (χ4n) is 1.51. The second-order valence-electron chi connectivity index (χ2n) is 5.09. The van der Waals surface area contributed by atoms with Gasteiger partial charge in [0, 0.05) is 6.42 Å². The molecule has 0 unspecified atom stereocenters. The molecule has 0 aromatic carbocycles. The monoisotopic (exact) mass is 224 g/mol. The third-order valence-electron chi connectivity index (χ3n) is 2.90. The summed E-state index contributed by atoms with van der Waals surface area (Å²) in [4.78, 5) is 11.0. The molecule has 16 heavy (non-hydrogen) atoms. The number of tetrazole rings is 1. The van der Waals surface area contributed by atoms with E-state index in [9.17, 15) is 4.79 Å². The largest absolute Gasteiger partial charge is 0.481 e. The van der Waals surface area contributed by atoms with Crippen LogP contribution < -0.4 is 0 Å². The Hall–Kier alpha value is -1.46. The van der Waals surface area contributed by atoms with Crippen LogP contribution in [0, 0.1) is 11.3 Å². The molecular weight excluding hydrogens is 208 g/mol. The predicted octanol–water partition coefficient (Wildman–Crippen LogP) is 0.736. The zero-order valence-corrected chi connectivity index (χ0v) is 9.55. The van der Waals surface area contributed by atoms with Crippen molar-refractivity contribution in [2.45, 2.75) is 39.7 Å². The molecule has 1 aromatic heterocycles. The Morgan fingerprint density at radius 3 is 2.81 bits per heavy atom. The van der Waals surface area contributed by atoms with Crippen LogP contribution in [0.15, 0.2) is 0 Å². The summed E-state index contributed by atoms with van der Waals surface area (Å²) in [6.45, 7) is 3.67. The van der Waals surface area contributed by atoms with Crippen molar-refractivity contribution in [1.82, 2.24) is 20.2 Å². The van der Waals surface area contributed by atoms with E-state index in [1.54, 1.807) is 18.5 Å². The van der Waals surface area contributed by atoms with Crippen LogP contribution in [-0.4, -0.2) is 31.3 Å². The van der Waals surface area contributed by atoms with Crippen molar-refractivity contribution < 1.29 is 9.90 Å². The number of aliphatic carboxylic acids is 1. The molecule has 0 atom stereocenters. The molecule has 0 amide bonds. The predicted molar refractivity (Wildman–Crippen MR) is 55.7 cm³/mol. The van der Waals surface area contributed by atoms with Crippen LogP contribution in [-0.2, 0) is 17.8 Å². The van der Waals surface area contributed by atoms with E-state index in [4.69, 9.17) is 5.11 Å². The number of rotatable bonds is 5. The number of hydrogen-bond donors (Lipinski definition) is 1. The molecular formula is C10H16N4O2. The Morgan fingerprint density at radius 1 is 1.56 bits per heavy atom. The molecule has 0 aliphatic heterocycles. The molecule has 1 saturated carbocycles. The van der Waals surface area contributed by atoms with Crippen molar-refractivity contribution >= 4 is 5.97 Å². The molecule has 1 N–H and O–H groups in total. The second-order valence-corrected chi connectivity index (χ2v) is 5.09. The van der Waals surface area contributed by atoms with E-state index in [2.05, 4.69) is 15.5 Å². The summed E-state index contributed by atoms with van der Waals surface area (Å²) in [5.41, 5.74) is -0.840. The summed E-state index contributed by atoms with van der Waals surface area (Å²) in [5, 5.41) is 20.5. The maximum Gasteiger partial charge on any atom is 0.310 e. The van der Waals surface area contributed by atoms with Gasteiger partial charge in [-0.25, -0.2) is 4.68 Å². The Kier molecular flexibility index (Phi) is 2.65. The van der Waals surface area contributed by atoms with Gasteiger partial charge in [-0.2, -0.15) is 0 Å². The number of nitrogens with zero attached hydrogens (tertiary/aromatic N) is 4. The standard InChI is InChI=1S/C10H16N4O2/c1-10(2,9(15)16)6-14-8(11-12-13-14)5-7-3-4-7/h7H,3-6H2,1-2H3,(H,15,16). The highest BCUT2D eigenvalue weighted by atomic mass is 16.4. The minimum Gasteiger partial charge on any atom is -0.481 e. The van der Waals surface area contributed by atoms with Gasteiger partial charge >= 0.3 is 5.97 Å². The highest BCUT2D eigenvalue weighted by Gasteiger charge is 2.31. The summed E-state index contributed by atoms with van der Waals surface area (Å²) in [5.74, 6) is 0.662. The van der Waals surface area contributed by atoms with E-state index in [1.807, 2.05) is 0 Å². The van der Waals surface area contributed by atoms with E-state index < -0.39 is 11.4 Å². The van der Waals surface area contributed by atoms with Gasteiger partial charge in [-0.05, 0) is 43.0 Å². The van der Waals surface area contributed by atoms with Crippen LogP contribution in [0.5, 0.6) is 0 Å². The summed E-state index contributed by atoms with van der Waals surface area (Å²) < 4.78 is 1.62. The summed E-state index contributed by atoms with van der Waals surface area (Å²) in [7, 11) is 0. The van der Waals surface area contributed by atoms with Gasteiger partial charge in [0.05, 0.1) is 12.0 Å². The van der Waals surface area contributed by atoms with Crippen molar-refractivity contribution in [1.29, 1.82) is 0 Å². The summed E-state index contributed by atoms with van der Waals surface area (Å²) >= 11 is 0. The molecule has 1 fully saturated rings. The fourth-order valence-corrected chi connectivity index (χ4v) is 1.51. The average molecular weight is 224 g/mol. The molecule has 0 saturated heterocycles. The number of carboxylic acids is 1. The first-order valence-corrected chi connectivity index (χ1v) is 5.47. The lowest BCUT2D eigenvalue weighted by Gasteiger charge is -2.18. The lowest BCUT2D eigenvalue weighted by Crippen LogP contribution is -2.30. The number of aromatic nitrogens is 4. The third-order valence-corrected chi connectivity index (χ3v) is 2.90. The van der Waals surface area contributed by atoms with Crippen LogP contribution in [0.1, 0.15) is 32.5 Å².